The van der Waals surface area contributed by atoms with Crippen molar-refractivity contribution in [3.63, 3.8) is 0 Å². The van der Waals surface area contributed by atoms with Crippen molar-refractivity contribution in [3.05, 3.63) is 36.7 Å². The molecule has 4 rings (SSSR count). The molecule has 2 aromatic heterocycles. The van der Waals surface area contributed by atoms with E-state index in [-0.39, 0.29) is 23.4 Å². The average molecular weight is 610 g/mol. The number of imidazole rings is 1. The molecule has 0 amide bonds. The van der Waals surface area contributed by atoms with Crippen LogP contribution in [0, 0.1) is 0 Å². The number of para-hydroxylation sites is 1. The number of rotatable bonds is 12. The molecule has 3 heterocycles. The minimum atomic E-state index is -4.29. The predicted molar refractivity (Wildman–Crippen MR) is 152 cm³/mol. The second-order valence-corrected chi connectivity index (χ2v) is 12.4. The minimum Gasteiger partial charge on any atom is -0.462 e. The molecule has 5 N–H and O–H groups in total. The number of hydrogen-bond acceptors (Lipinski definition) is 12. The maximum Gasteiger partial charge on any atom is 0.459 e. The lowest BCUT2D eigenvalue weighted by Crippen LogP contribution is -2.41. The molecule has 0 aliphatic carbocycles. The average Bonchev–Trinajstić information content (AvgIpc) is 3.40. The Labute approximate surface area is 242 Å². The molecule has 230 valence electrons. The number of nitrogens with one attached hydrogen (secondary N) is 2. The van der Waals surface area contributed by atoms with Crippen LogP contribution in [0.5, 0.6) is 5.75 Å². The van der Waals surface area contributed by atoms with Gasteiger partial charge in [0.15, 0.2) is 28.9 Å². The highest BCUT2D eigenvalue weighted by Gasteiger charge is 2.56. The highest BCUT2D eigenvalue weighted by molar-refractivity contribution is 7.52. The lowest BCUT2D eigenvalue weighted by Gasteiger charge is -2.25. The topological polar surface area (TPSA) is 185 Å². The Morgan fingerprint density at radius 3 is 2.57 bits per heavy atom. The van der Waals surface area contributed by atoms with Gasteiger partial charge in [-0.2, -0.15) is 15.1 Å². The number of aromatic nitrogens is 4. The molecule has 0 radical (unpaired) electrons. The number of carbonyl (C=O) groups excluding carboxylic acids is 1. The summed E-state index contributed by atoms with van der Waals surface area (Å²) in [5.74, 6) is -0.201. The normalized spacial score (nSPS) is 24.6. The van der Waals surface area contributed by atoms with Crippen LogP contribution in [0.15, 0.2) is 36.7 Å². The summed E-state index contributed by atoms with van der Waals surface area (Å²) in [6.07, 6.45) is -3.52. The fourth-order valence-corrected chi connectivity index (χ4v) is 5.84. The monoisotopic (exact) mass is 609 g/mol. The molecule has 42 heavy (non-hydrogen) atoms. The standard InChI is InChI=1S/C26H37FN7O7P/c1-14(2)30-21-19-22(32-25(28)31-21)34(13-29-19)24-26(6,27)20(35)18(40-24)12-38-42(37,41-17-10-8-7-9-11-17)33-16(5)23(36)39-15(3)4/h7-11,13-16,18,20,24,35H,12H2,1-6H3,(H,33,37)(H3,28,30,31,32)/t16-,18+,20+,24+,26+,42-/m0/s1. The van der Waals surface area contributed by atoms with Crippen LogP contribution in [0.1, 0.15) is 47.8 Å². The zero-order chi connectivity index (χ0) is 30.8. The largest absolute Gasteiger partial charge is 0.462 e. The summed E-state index contributed by atoms with van der Waals surface area (Å²) < 4.78 is 53.5. The summed E-state index contributed by atoms with van der Waals surface area (Å²) in [6, 6.07) is 7.06. The fraction of sp³-hybridized carbons (Fsp3) is 0.538. The van der Waals surface area contributed by atoms with Crippen LogP contribution < -0.4 is 20.7 Å². The number of benzene rings is 1. The molecule has 16 heteroatoms. The molecule has 6 atom stereocenters. The molecule has 0 bridgehead atoms. The van der Waals surface area contributed by atoms with E-state index in [0.717, 1.165) is 6.92 Å². The lowest BCUT2D eigenvalue weighted by molar-refractivity contribution is -0.149. The van der Waals surface area contributed by atoms with Crippen molar-refractivity contribution in [1.82, 2.24) is 24.6 Å². The summed E-state index contributed by atoms with van der Waals surface area (Å²) >= 11 is 0. The first-order valence-corrected chi connectivity index (χ1v) is 15.0. The first-order valence-electron chi connectivity index (χ1n) is 13.5. The highest BCUT2D eigenvalue weighted by atomic mass is 31.2. The van der Waals surface area contributed by atoms with Gasteiger partial charge in [0.25, 0.3) is 0 Å². The first-order chi connectivity index (χ1) is 19.7. The number of halogens is 1. The Balaban J connectivity index is 1.57. The van der Waals surface area contributed by atoms with E-state index in [2.05, 4.69) is 25.4 Å². The van der Waals surface area contributed by atoms with Gasteiger partial charge < -0.3 is 30.2 Å². The molecule has 1 fully saturated rings. The summed E-state index contributed by atoms with van der Waals surface area (Å²) in [7, 11) is -4.29. The molecule has 3 aromatic rings. The quantitative estimate of drug-likeness (QED) is 0.173. The molecule has 1 aliphatic heterocycles. The molecular formula is C26H37FN7O7P. The van der Waals surface area contributed by atoms with Gasteiger partial charge >= 0.3 is 13.7 Å². The third kappa shape index (κ3) is 6.98. The number of nitrogens with two attached hydrogens (primary N) is 1. The van der Waals surface area contributed by atoms with E-state index in [4.69, 9.17) is 24.3 Å². The van der Waals surface area contributed by atoms with Crippen LogP contribution in [0.4, 0.5) is 16.2 Å². The van der Waals surface area contributed by atoms with Crippen LogP contribution in [-0.4, -0.2) is 73.3 Å². The molecule has 0 saturated carbocycles. The van der Waals surface area contributed by atoms with E-state index in [1.54, 1.807) is 44.2 Å². The van der Waals surface area contributed by atoms with Crippen molar-refractivity contribution >= 4 is 36.6 Å². The molecule has 1 saturated heterocycles. The maximum atomic E-state index is 16.1. The Morgan fingerprint density at radius 1 is 1.24 bits per heavy atom. The van der Waals surface area contributed by atoms with Gasteiger partial charge in [-0.05, 0) is 53.7 Å². The van der Waals surface area contributed by atoms with Gasteiger partial charge in [0.1, 0.15) is 24.0 Å². The number of aliphatic hydroxyl groups is 1. The minimum absolute atomic E-state index is 0.00234. The number of alkyl halides is 1. The van der Waals surface area contributed by atoms with E-state index >= 15 is 4.39 Å². The van der Waals surface area contributed by atoms with Gasteiger partial charge in [-0.15, -0.1) is 0 Å². The van der Waals surface area contributed by atoms with Crippen LogP contribution >= 0.6 is 7.75 Å². The van der Waals surface area contributed by atoms with E-state index < -0.39 is 56.6 Å². The summed E-state index contributed by atoms with van der Waals surface area (Å²) in [5, 5.41) is 16.6. The fourth-order valence-electron chi connectivity index (χ4n) is 4.34. The molecule has 1 aliphatic rings. The number of nitrogen functional groups attached to an aromatic ring is 1. The van der Waals surface area contributed by atoms with Gasteiger partial charge in [0, 0.05) is 6.04 Å². The molecule has 0 unspecified atom stereocenters. The van der Waals surface area contributed by atoms with E-state index in [9.17, 15) is 14.5 Å². The number of nitrogens with zero attached hydrogens (tertiary/aromatic N) is 4. The molecule has 0 spiro atoms. The van der Waals surface area contributed by atoms with E-state index in [1.165, 1.54) is 17.8 Å². The zero-order valence-corrected chi connectivity index (χ0v) is 25.1. The van der Waals surface area contributed by atoms with Crippen LogP contribution in [0.25, 0.3) is 11.2 Å². The SMILES string of the molecule is CC(C)Nc1nc(N)nc2c1ncn2[C@@H]1O[C@H](CO[P@@](=O)(N[C@@H](C)C(=O)OC(C)C)Oc2ccccc2)[C@@H](O)[C@@]1(C)F. The summed E-state index contributed by atoms with van der Waals surface area (Å²) in [6.45, 7) is 9.20. The zero-order valence-electron chi connectivity index (χ0n) is 24.2. The number of carbonyl (C=O) groups is 1. The van der Waals surface area contributed by atoms with Crippen molar-refractivity contribution in [1.29, 1.82) is 0 Å². The van der Waals surface area contributed by atoms with Gasteiger partial charge in [-0.25, -0.2) is 13.9 Å². The Bertz CT molecular complexity index is 1440. The van der Waals surface area contributed by atoms with Crippen LogP contribution in [-0.2, 0) is 23.4 Å². The van der Waals surface area contributed by atoms with E-state index in [1.807, 2.05) is 13.8 Å². The lowest BCUT2D eigenvalue weighted by atomic mass is 9.98. The van der Waals surface area contributed by atoms with Crippen LogP contribution in [0.3, 0.4) is 0 Å². The molecular weight excluding hydrogens is 572 g/mol. The number of aliphatic hydroxyl groups excluding tert-OH is 1. The van der Waals surface area contributed by atoms with Gasteiger partial charge in [0.05, 0.1) is 19.0 Å². The summed E-state index contributed by atoms with van der Waals surface area (Å²) in [4.78, 5) is 25.1. The van der Waals surface area contributed by atoms with Gasteiger partial charge in [0.2, 0.25) is 5.95 Å². The highest BCUT2D eigenvalue weighted by Crippen LogP contribution is 2.48. The van der Waals surface area contributed by atoms with Crippen molar-refractivity contribution < 1.29 is 37.4 Å². The van der Waals surface area contributed by atoms with E-state index in [0.29, 0.717) is 11.3 Å². The third-order valence-electron chi connectivity index (χ3n) is 6.27. The Hall–Kier alpha value is -3.36. The number of fused-ring (bicyclic) bond motifs is 1. The van der Waals surface area contributed by atoms with Crippen molar-refractivity contribution in [2.24, 2.45) is 0 Å². The maximum absolute atomic E-state index is 16.1. The number of hydrogen-bond donors (Lipinski definition) is 4. The third-order valence-corrected chi connectivity index (χ3v) is 7.91. The number of anilines is 2. The second kappa shape index (κ2) is 12.5. The number of ether oxygens (including phenoxy) is 2. The molecule has 14 nitrogen and oxygen atoms in total. The Kier molecular flexibility index (Phi) is 9.38. The molecule has 1 aromatic carbocycles. The first kappa shape index (κ1) is 31.6. The van der Waals surface area contributed by atoms with Gasteiger partial charge in [-0.3, -0.25) is 13.9 Å². The predicted octanol–water partition coefficient (Wildman–Crippen LogP) is 3.35. The van der Waals surface area contributed by atoms with Crippen LogP contribution in [0.2, 0.25) is 0 Å². The van der Waals surface area contributed by atoms with Crippen molar-refractivity contribution in [3.8, 4) is 5.75 Å². The van der Waals surface area contributed by atoms with Gasteiger partial charge in [-0.1, -0.05) is 18.2 Å². The Morgan fingerprint density at radius 2 is 1.93 bits per heavy atom. The summed E-state index contributed by atoms with van der Waals surface area (Å²) in [5.41, 5.74) is 4.06. The van der Waals surface area contributed by atoms with Crippen molar-refractivity contribution in [2.45, 2.75) is 83.8 Å². The number of esters is 1. The van der Waals surface area contributed by atoms with Crippen molar-refractivity contribution in [2.75, 3.05) is 17.7 Å². The smallest absolute Gasteiger partial charge is 0.459 e. The second-order valence-electron chi connectivity index (χ2n) is 10.7.